The van der Waals surface area contributed by atoms with E-state index in [1.165, 1.54) is 0 Å². The lowest BCUT2D eigenvalue weighted by molar-refractivity contribution is -0.121. The predicted molar refractivity (Wildman–Crippen MR) is 95.2 cm³/mol. The van der Waals surface area contributed by atoms with E-state index in [0.717, 1.165) is 38.2 Å². The summed E-state index contributed by atoms with van der Waals surface area (Å²) in [6.45, 7) is 6.20. The Balaban J connectivity index is 1.79. The van der Waals surface area contributed by atoms with Crippen molar-refractivity contribution in [2.24, 2.45) is 0 Å². The van der Waals surface area contributed by atoms with Gasteiger partial charge in [0.15, 0.2) is 5.82 Å². The fraction of sp³-hybridized carbons (Fsp3) is 0.588. The van der Waals surface area contributed by atoms with Crippen molar-refractivity contribution in [1.29, 1.82) is 0 Å². The first kappa shape index (κ1) is 18.0. The Hall–Kier alpha value is -2.31. The summed E-state index contributed by atoms with van der Waals surface area (Å²) in [5.41, 5.74) is 0.695. The minimum atomic E-state index is -0.320. The highest BCUT2D eigenvalue weighted by molar-refractivity contribution is 5.92. The first-order chi connectivity index (χ1) is 11.6. The van der Waals surface area contributed by atoms with Gasteiger partial charge in [0.1, 0.15) is 0 Å². The summed E-state index contributed by atoms with van der Waals surface area (Å²) in [5.74, 6) is 0.753. The van der Waals surface area contributed by atoms with Gasteiger partial charge in [0.2, 0.25) is 5.91 Å². The normalized spacial score (nSPS) is 15.0. The molecule has 0 unspecified atom stereocenters. The molecule has 1 saturated heterocycles. The fourth-order valence-corrected chi connectivity index (χ4v) is 2.58. The van der Waals surface area contributed by atoms with Crippen molar-refractivity contribution >= 4 is 23.4 Å². The van der Waals surface area contributed by atoms with Crippen molar-refractivity contribution in [3.05, 3.63) is 18.3 Å². The van der Waals surface area contributed by atoms with Crippen LogP contribution < -0.4 is 20.9 Å². The van der Waals surface area contributed by atoms with Crippen LogP contribution in [-0.4, -0.2) is 42.6 Å². The second kappa shape index (κ2) is 9.10. The number of hydrogen-bond donors (Lipinski definition) is 3. The quantitative estimate of drug-likeness (QED) is 0.713. The Morgan fingerprint density at radius 3 is 2.79 bits per heavy atom. The number of anilines is 2. The smallest absolute Gasteiger partial charge is 0.319 e. The topological polar surface area (TPSA) is 86.4 Å². The van der Waals surface area contributed by atoms with E-state index in [2.05, 4.69) is 25.8 Å². The van der Waals surface area contributed by atoms with Gasteiger partial charge in [-0.05, 0) is 38.3 Å². The van der Waals surface area contributed by atoms with Gasteiger partial charge < -0.3 is 20.9 Å². The van der Waals surface area contributed by atoms with Crippen molar-refractivity contribution in [2.75, 3.05) is 29.9 Å². The number of nitrogens with one attached hydrogen (secondary N) is 3. The molecule has 3 N–H and O–H groups in total. The molecule has 0 spiro atoms. The third-order valence-corrected chi connectivity index (χ3v) is 4.10. The van der Waals surface area contributed by atoms with Crippen LogP contribution in [0.15, 0.2) is 18.3 Å². The van der Waals surface area contributed by atoms with E-state index < -0.39 is 0 Å². The van der Waals surface area contributed by atoms with Crippen molar-refractivity contribution < 1.29 is 9.59 Å². The Morgan fingerprint density at radius 1 is 1.33 bits per heavy atom. The molecule has 1 aliphatic rings. The number of carbonyl (C=O) groups excluding carboxylic acids is 2. The first-order valence-corrected chi connectivity index (χ1v) is 8.64. The molecule has 7 nitrogen and oxygen atoms in total. The Kier molecular flexibility index (Phi) is 6.84. The van der Waals surface area contributed by atoms with Crippen LogP contribution in [0.1, 0.15) is 39.5 Å². The van der Waals surface area contributed by atoms with E-state index in [4.69, 9.17) is 0 Å². The molecule has 0 saturated carbocycles. The molecule has 0 bridgehead atoms. The summed E-state index contributed by atoms with van der Waals surface area (Å²) in [4.78, 5) is 30.3. The van der Waals surface area contributed by atoms with Gasteiger partial charge in [-0.25, -0.2) is 9.78 Å². The highest BCUT2D eigenvalue weighted by atomic mass is 16.2. The standard InChI is InChI=1S/C17H27N5O2/c1-3-13(2)20-15(23)8-10-19-17(24)21-14-7-6-9-18-16(14)22-11-4-5-12-22/h6-7,9,13H,3-5,8,10-12H2,1-2H3,(H,20,23)(H2,19,21,24)/t13-/m0/s1. The molecule has 1 aromatic rings. The molecule has 0 aliphatic carbocycles. The number of urea groups is 1. The van der Waals surface area contributed by atoms with Crippen molar-refractivity contribution in [3.63, 3.8) is 0 Å². The zero-order valence-corrected chi connectivity index (χ0v) is 14.5. The van der Waals surface area contributed by atoms with Crippen LogP contribution in [0.5, 0.6) is 0 Å². The predicted octanol–water partition coefficient (Wildman–Crippen LogP) is 2.11. The van der Waals surface area contributed by atoms with E-state index in [0.29, 0.717) is 12.2 Å². The summed E-state index contributed by atoms with van der Waals surface area (Å²) in [7, 11) is 0. The third kappa shape index (κ3) is 5.40. The summed E-state index contributed by atoms with van der Waals surface area (Å²) in [6, 6.07) is 3.48. The lowest BCUT2D eigenvalue weighted by Gasteiger charge is -2.20. The van der Waals surface area contributed by atoms with E-state index >= 15 is 0 Å². The molecule has 132 valence electrons. The maximum atomic E-state index is 12.0. The molecular weight excluding hydrogens is 306 g/mol. The number of hydrogen-bond acceptors (Lipinski definition) is 4. The number of nitrogens with zero attached hydrogens (tertiary/aromatic N) is 2. The van der Waals surface area contributed by atoms with Gasteiger partial charge >= 0.3 is 6.03 Å². The number of carbonyl (C=O) groups is 2. The fourth-order valence-electron chi connectivity index (χ4n) is 2.58. The molecule has 2 rings (SSSR count). The maximum Gasteiger partial charge on any atom is 0.319 e. The Bertz CT molecular complexity index is 558. The van der Waals surface area contributed by atoms with Gasteiger partial charge in [0, 0.05) is 38.3 Å². The minimum Gasteiger partial charge on any atom is -0.355 e. The van der Waals surface area contributed by atoms with Crippen molar-refractivity contribution in [1.82, 2.24) is 15.6 Å². The monoisotopic (exact) mass is 333 g/mol. The van der Waals surface area contributed by atoms with Gasteiger partial charge in [0.05, 0.1) is 5.69 Å². The van der Waals surface area contributed by atoms with Crippen LogP contribution in [-0.2, 0) is 4.79 Å². The molecule has 1 aliphatic heterocycles. The molecule has 7 heteroatoms. The first-order valence-electron chi connectivity index (χ1n) is 8.64. The van der Waals surface area contributed by atoms with Gasteiger partial charge in [-0.2, -0.15) is 0 Å². The largest absolute Gasteiger partial charge is 0.355 e. The number of pyridine rings is 1. The molecular formula is C17H27N5O2. The Morgan fingerprint density at radius 2 is 2.08 bits per heavy atom. The summed E-state index contributed by atoms with van der Waals surface area (Å²) in [5, 5.41) is 8.41. The van der Waals surface area contributed by atoms with Crippen LogP contribution >= 0.6 is 0 Å². The van der Waals surface area contributed by atoms with Crippen LogP contribution in [0.3, 0.4) is 0 Å². The summed E-state index contributed by atoms with van der Waals surface area (Å²) in [6.07, 6.45) is 5.18. The van der Waals surface area contributed by atoms with Crippen molar-refractivity contribution in [2.45, 2.75) is 45.6 Å². The average Bonchev–Trinajstić information content (AvgIpc) is 3.09. The second-order valence-electron chi connectivity index (χ2n) is 6.08. The van der Waals surface area contributed by atoms with Crippen molar-refractivity contribution in [3.8, 4) is 0 Å². The molecule has 1 atom stereocenters. The lowest BCUT2D eigenvalue weighted by Crippen LogP contribution is -2.36. The summed E-state index contributed by atoms with van der Waals surface area (Å²) >= 11 is 0. The third-order valence-electron chi connectivity index (χ3n) is 4.10. The maximum absolute atomic E-state index is 12.0. The van der Waals surface area contributed by atoms with Gasteiger partial charge in [0.25, 0.3) is 0 Å². The van der Waals surface area contributed by atoms with Gasteiger partial charge in [-0.15, -0.1) is 0 Å². The van der Waals surface area contributed by atoms with Gasteiger partial charge in [-0.3, -0.25) is 4.79 Å². The SMILES string of the molecule is CC[C@H](C)NC(=O)CCNC(=O)Nc1cccnc1N1CCCC1. The molecule has 3 amide bonds. The average molecular weight is 333 g/mol. The van der Waals surface area contributed by atoms with E-state index in [9.17, 15) is 9.59 Å². The van der Waals surface area contributed by atoms with Gasteiger partial charge in [-0.1, -0.05) is 6.92 Å². The number of amides is 3. The molecule has 24 heavy (non-hydrogen) atoms. The highest BCUT2D eigenvalue weighted by Crippen LogP contribution is 2.25. The van der Waals surface area contributed by atoms with Crippen LogP contribution in [0.25, 0.3) is 0 Å². The van der Waals surface area contributed by atoms with E-state index in [1.807, 2.05) is 19.9 Å². The van der Waals surface area contributed by atoms with Crippen LogP contribution in [0, 0.1) is 0 Å². The minimum absolute atomic E-state index is 0.0521. The zero-order valence-electron chi connectivity index (χ0n) is 14.5. The number of aromatic nitrogens is 1. The molecule has 1 aromatic heterocycles. The summed E-state index contributed by atoms with van der Waals surface area (Å²) < 4.78 is 0. The molecule has 2 heterocycles. The molecule has 1 fully saturated rings. The van der Waals surface area contributed by atoms with Crippen LogP contribution in [0.2, 0.25) is 0 Å². The molecule has 0 aromatic carbocycles. The van der Waals surface area contributed by atoms with Crippen LogP contribution in [0.4, 0.5) is 16.3 Å². The lowest BCUT2D eigenvalue weighted by atomic mass is 10.2. The highest BCUT2D eigenvalue weighted by Gasteiger charge is 2.17. The zero-order chi connectivity index (χ0) is 17.4. The number of rotatable bonds is 7. The Labute approximate surface area is 143 Å². The molecule has 0 radical (unpaired) electrons. The van der Waals surface area contributed by atoms with E-state index in [-0.39, 0.29) is 24.4 Å². The van der Waals surface area contributed by atoms with E-state index in [1.54, 1.807) is 12.3 Å². The second-order valence-corrected chi connectivity index (χ2v) is 6.08.